The highest BCUT2D eigenvalue weighted by molar-refractivity contribution is 7.92. The normalized spacial score (nSPS) is 14.5. The molecule has 4 rings (SSSR count). The molecule has 1 fully saturated rings. The van der Waals surface area contributed by atoms with Crippen molar-refractivity contribution >= 4 is 62.3 Å². The van der Waals surface area contributed by atoms with Gasteiger partial charge in [0.2, 0.25) is 11.8 Å². The summed E-state index contributed by atoms with van der Waals surface area (Å²) in [6.45, 7) is 1.18. The molecule has 0 radical (unpaired) electrons. The summed E-state index contributed by atoms with van der Waals surface area (Å²) in [4.78, 5) is 28.6. The molecule has 1 saturated carbocycles. The van der Waals surface area contributed by atoms with Gasteiger partial charge in [0.1, 0.15) is 12.6 Å². The van der Waals surface area contributed by atoms with Crippen LogP contribution in [-0.2, 0) is 26.2 Å². The van der Waals surface area contributed by atoms with E-state index in [1.54, 1.807) is 49.4 Å². The van der Waals surface area contributed by atoms with Gasteiger partial charge in [0.15, 0.2) is 0 Å². The minimum Gasteiger partial charge on any atom is -0.352 e. The van der Waals surface area contributed by atoms with Crippen molar-refractivity contribution in [2.45, 2.75) is 56.1 Å². The molecule has 3 aromatic rings. The van der Waals surface area contributed by atoms with Crippen LogP contribution < -0.4 is 9.62 Å². The fourth-order valence-electron chi connectivity index (χ4n) is 4.65. The maximum Gasteiger partial charge on any atom is 0.264 e. The molecule has 7 nitrogen and oxygen atoms in total. The summed E-state index contributed by atoms with van der Waals surface area (Å²) >= 11 is 18.2. The van der Waals surface area contributed by atoms with E-state index in [4.69, 9.17) is 34.8 Å². The minimum absolute atomic E-state index is 0.0408. The number of nitrogens with zero attached hydrogens (tertiary/aromatic N) is 2. The van der Waals surface area contributed by atoms with Crippen LogP contribution >= 0.6 is 34.8 Å². The van der Waals surface area contributed by atoms with Crippen LogP contribution in [-0.4, -0.2) is 43.8 Å². The molecular weight excluding hydrogens is 593 g/mol. The Balaban J connectivity index is 1.68. The van der Waals surface area contributed by atoms with E-state index in [0.29, 0.717) is 15.1 Å². The van der Waals surface area contributed by atoms with Crippen molar-refractivity contribution < 1.29 is 18.0 Å². The summed E-state index contributed by atoms with van der Waals surface area (Å²) in [5.74, 6) is -0.842. The molecule has 0 aromatic heterocycles. The molecule has 1 atom stereocenters. The number of hydrogen-bond acceptors (Lipinski definition) is 4. The molecule has 0 unspecified atom stereocenters. The number of sulfonamides is 1. The van der Waals surface area contributed by atoms with Crippen molar-refractivity contribution in [2.24, 2.45) is 0 Å². The van der Waals surface area contributed by atoms with Crippen molar-refractivity contribution in [3.8, 4) is 0 Å². The Kier molecular flexibility index (Phi) is 10.0. The standard InChI is InChI=1S/C29H30Cl3N3O4S/c1-20(29(37)33-25-6-2-3-7-25)34(18-21-9-11-22(30)12-10-21)28(36)19-35(26-8-4-5-24(32)17-26)40(38,39)27-15-13-23(31)14-16-27/h4-5,8-17,20,25H,2-3,6-7,18-19H2,1H3,(H,33,37)/t20-/m1/s1. The van der Waals surface area contributed by atoms with E-state index in [2.05, 4.69) is 5.32 Å². The van der Waals surface area contributed by atoms with Gasteiger partial charge in [-0.3, -0.25) is 13.9 Å². The lowest BCUT2D eigenvalue weighted by atomic mass is 10.1. The molecule has 1 aliphatic carbocycles. The van der Waals surface area contributed by atoms with Gasteiger partial charge in [-0.2, -0.15) is 0 Å². The van der Waals surface area contributed by atoms with Crippen molar-refractivity contribution in [2.75, 3.05) is 10.8 Å². The minimum atomic E-state index is -4.21. The summed E-state index contributed by atoms with van der Waals surface area (Å²) in [5.41, 5.74) is 0.957. The lowest BCUT2D eigenvalue weighted by Crippen LogP contribution is -2.52. The Hall–Kier alpha value is -2.78. The molecule has 1 N–H and O–H groups in total. The largest absolute Gasteiger partial charge is 0.352 e. The van der Waals surface area contributed by atoms with Gasteiger partial charge in [-0.05, 0) is 79.9 Å². The van der Waals surface area contributed by atoms with Crippen molar-refractivity contribution in [3.05, 3.63) is 93.4 Å². The zero-order valence-corrected chi connectivity index (χ0v) is 25.0. The summed E-state index contributed by atoms with van der Waals surface area (Å²) < 4.78 is 28.6. The highest BCUT2D eigenvalue weighted by Crippen LogP contribution is 2.28. The van der Waals surface area contributed by atoms with E-state index in [-0.39, 0.29) is 29.1 Å². The summed E-state index contributed by atoms with van der Waals surface area (Å²) in [5, 5.41) is 4.27. The highest BCUT2D eigenvalue weighted by Gasteiger charge is 2.33. The molecule has 40 heavy (non-hydrogen) atoms. The van der Waals surface area contributed by atoms with Gasteiger partial charge >= 0.3 is 0 Å². The van der Waals surface area contributed by atoms with Crippen LogP contribution in [0.2, 0.25) is 15.1 Å². The van der Waals surface area contributed by atoms with Crippen LogP contribution in [0.15, 0.2) is 77.7 Å². The van der Waals surface area contributed by atoms with Crippen LogP contribution in [0.5, 0.6) is 0 Å². The number of benzene rings is 3. The predicted octanol–water partition coefficient (Wildman–Crippen LogP) is 6.32. The van der Waals surface area contributed by atoms with Crippen LogP contribution in [0.1, 0.15) is 38.2 Å². The average molecular weight is 623 g/mol. The zero-order valence-electron chi connectivity index (χ0n) is 21.9. The number of amides is 2. The van der Waals surface area contributed by atoms with Gasteiger partial charge in [-0.15, -0.1) is 0 Å². The second-order valence-corrected chi connectivity index (χ2v) is 12.9. The number of halogens is 3. The van der Waals surface area contributed by atoms with Crippen LogP contribution in [0.3, 0.4) is 0 Å². The van der Waals surface area contributed by atoms with Gasteiger partial charge in [-0.25, -0.2) is 8.42 Å². The topological polar surface area (TPSA) is 86.8 Å². The molecule has 3 aromatic carbocycles. The molecule has 11 heteroatoms. The second kappa shape index (κ2) is 13.3. The molecular formula is C29H30Cl3N3O4S. The van der Waals surface area contributed by atoms with Gasteiger partial charge in [0, 0.05) is 27.7 Å². The number of carbonyl (C=O) groups is 2. The van der Waals surface area contributed by atoms with E-state index in [1.165, 1.54) is 35.2 Å². The second-order valence-electron chi connectivity index (χ2n) is 9.76. The maximum atomic E-state index is 14.0. The van der Waals surface area contributed by atoms with Gasteiger partial charge in [0.05, 0.1) is 10.6 Å². The molecule has 0 aliphatic heterocycles. The zero-order chi connectivity index (χ0) is 28.9. The Morgan fingerprint density at radius 3 is 2.10 bits per heavy atom. The first kappa shape index (κ1) is 30.2. The van der Waals surface area contributed by atoms with Crippen LogP contribution in [0.4, 0.5) is 5.69 Å². The highest BCUT2D eigenvalue weighted by atomic mass is 35.5. The molecule has 1 aliphatic rings. The molecule has 2 amide bonds. The quantitative estimate of drug-likeness (QED) is 0.287. The van der Waals surface area contributed by atoms with E-state index < -0.39 is 28.5 Å². The van der Waals surface area contributed by atoms with Gasteiger partial charge in [0.25, 0.3) is 10.0 Å². The van der Waals surface area contributed by atoms with E-state index in [0.717, 1.165) is 35.6 Å². The molecule has 0 bridgehead atoms. The number of anilines is 1. The van der Waals surface area contributed by atoms with Crippen LogP contribution in [0, 0.1) is 0 Å². The van der Waals surface area contributed by atoms with Crippen molar-refractivity contribution in [1.29, 1.82) is 0 Å². The monoisotopic (exact) mass is 621 g/mol. The Morgan fingerprint density at radius 1 is 0.900 bits per heavy atom. The van der Waals surface area contributed by atoms with Crippen molar-refractivity contribution in [1.82, 2.24) is 10.2 Å². The maximum absolute atomic E-state index is 14.0. The first-order chi connectivity index (χ1) is 19.0. The molecule has 0 saturated heterocycles. The SMILES string of the molecule is C[C@H](C(=O)NC1CCCC1)N(Cc1ccc(Cl)cc1)C(=O)CN(c1cccc(Cl)c1)S(=O)(=O)c1ccc(Cl)cc1. The number of hydrogen-bond donors (Lipinski definition) is 1. The number of rotatable bonds is 10. The third kappa shape index (κ3) is 7.49. The lowest BCUT2D eigenvalue weighted by molar-refractivity contribution is -0.139. The molecule has 212 valence electrons. The Bertz CT molecular complexity index is 1440. The smallest absolute Gasteiger partial charge is 0.264 e. The third-order valence-electron chi connectivity index (χ3n) is 6.91. The fourth-order valence-corrected chi connectivity index (χ4v) is 6.50. The number of carbonyl (C=O) groups excluding carboxylic acids is 2. The fraction of sp³-hybridized carbons (Fsp3) is 0.310. The predicted molar refractivity (Wildman–Crippen MR) is 159 cm³/mol. The van der Waals surface area contributed by atoms with E-state index >= 15 is 0 Å². The lowest BCUT2D eigenvalue weighted by Gasteiger charge is -2.32. The third-order valence-corrected chi connectivity index (χ3v) is 9.44. The summed E-state index contributed by atoms with van der Waals surface area (Å²) in [6, 6.07) is 18.1. The summed E-state index contributed by atoms with van der Waals surface area (Å²) in [7, 11) is -4.21. The van der Waals surface area contributed by atoms with Crippen LogP contribution in [0.25, 0.3) is 0 Å². The van der Waals surface area contributed by atoms with Crippen molar-refractivity contribution in [3.63, 3.8) is 0 Å². The van der Waals surface area contributed by atoms with Gasteiger partial charge < -0.3 is 10.2 Å². The van der Waals surface area contributed by atoms with Gasteiger partial charge in [-0.1, -0.05) is 65.8 Å². The first-order valence-corrected chi connectivity index (χ1v) is 15.5. The van der Waals surface area contributed by atoms with E-state index in [1.807, 2.05) is 0 Å². The molecule has 0 heterocycles. The Morgan fingerprint density at radius 2 is 1.50 bits per heavy atom. The summed E-state index contributed by atoms with van der Waals surface area (Å²) in [6.07, 6.45) is 3.88. The Labute approximate surface area is 250 Å². The average Bonchev–Trinajstić information content (AvgIpc) is 3.44. The van der Waals surface area contributed by atoms with E-state index in [9.17, 15) is 18.0 Å². The first-order valence-electron chi connectivity index (χ1n) is 12.9. The molecule has 0 spiro atoms. The number of nitrogens with one attached hydrogen (secondary N) is 1.